The van der Waals surface area contributed by atoms with Crippen molar-refractivity contribution in [3.8, 4) is 0 Å². The Bertz CT molecular complexity index is 1940. The molecule has 1 aliphatic heterocycles. The average Bonchev–Trinajstić information content (AvgIpc) is 3.76. The zero-order valence-corrected chi connectivity index (χ0v) is 36.2. The summed E-state index contributed by atoms with van der Waals surface area (Å²) in [4.78, 5) is 80.1. The first-order valence-corrected chi connectivity index (χ1v) is 21.4. The first-order valence-electron chi connectivity index (χ1n) is 21.4. The van der Waals surface area contributed by atoms with Crippen molar-refractivity contribution in [2.24, 2.45) is 16.1 Å². The number of nitro groups is 1. The fourth-order valence-electron chi connectivity index (χ4n) is 6.89. The van der Waals surface area contributed by atoms with Crippen molar-refractivity contribution in [1.29, 1.82) is 0 Å². The Balaban J connectivity index is 1.20. The average molecular weight is 856 g/mol. The molecule has 1 fully saturated rings. The number of ether oxygens (including phenoxy) is 1. The Hall–Kier alpha value is -6.39. The summed E-state index contributed by atoms with van der Waals surface area (Å²) < 4.78 is 5.34. The van der Waals surface area contributed by atoms with E-state index in [0.29, 0.717) is 69.7 Å². The largest absolute Gasteiger partial charge is 0.448 e. The van der Waals surface area contributed by atoms with Crippen molar-refractivity contribution in [3.63, 3.8) is 0 Å². The van der Waals surface area contributed by atoms with Gasteiger partial charge in [0.2, 0.25) is 23.6 Å². The Morgan fingerprint density at radius 1 is 0.871 bits per heavy atom. The van der Waals surface area contributed by atoms with Crippen LogP contribution in [0.1, 0.15) is 77.7 Å². The molecule has 62 heavy (non-hydrogen) atoms. The van der Waals surface area contributed by atoms with Crippen LogP contribution in [0.3, 0.4) is 0 Å². The van der Waals surface area contributed by atoms with E-state index in [2.05, 4.69) is 31.5 Å². The number of carbonyl (C=O) groups excluding carboxylic acids is 5. The number of unbranched alkanes of at least 4 members (excludes halogenated alkanes) is 2. The third kappa shape index (κ3) is 16.2. The van der Waals surface area contributed by atoms with Crippen LogP contribution in [0, 0.1) is 16.0 Å². The van der Waals surface area contributed by atoms with E-state index < -0.39 is 29.1 Å². The van der Waals surface area contributed by atoms with E-state index in [1.807, 2.05) is 75.2 Å². The van der Waals surface area contributed by atoms with Gasteiger partial charge < -0.3 is 35.8 Å². The van der Waals surface area contributed by atoms with Crippen LogP contribution < -0.4 is 26.2 Å². The number of hydrogen-bond donors (Lipinski definition) is 4. The number of nitro benzene ring substituents is 1. The van der Waals surface area contributed by atoms with Gasteiger partial charge in [-0.2, -0.15) is 10.2 Å². The van der Waals surface area contributed by atoms with Crippen LogP contribution in [-0.4, -0.2) is 97.5 Å². The molecule has 1 aliphatic rings. The number of amides is 5. The molecule has 1 saturated heterocycles. The van der Waals surface area contributed by atoms with Gasteiger partial charge in [0.1, 0.15) is 24.7 Å². The van der Waals surface area contributed by atoms with Crippen molar-refractivity contribution in [3.05, 3.63) is 94.5 Å². The minimum atomic E-state index is -0.897. The second kappa shape index (κ2) is 25.4. The summed E-state index contributed by atoms with van der Waals surface area (Å²) in [7, 11) is 1.86. The van der Waals surface area contributed by atoms with E-state index >= 15 is 0 Å². The molecule has 4 N–H and O–H groups in total. The van der Waals surface area contributed by atoms with Crippen LogP contribution in [0.4, 0.5) is 27.5 Å². The third-order valence-electron chi connectivity index (χ3n) is 10.3. The molecule has 334 valence electrons. The second-order valence-corrected chi connectivity index (χ2v) is 15.8. The molecule has 1 heterocycles. The summed E-state index contributed by atoms with van der Waals surface area (Å²) in [6, 6.07) is 20.1. The van der Waals surface area contributed by atoms with Gasteiger partial charge in [0.15, 0.2) is 0 Å². The van der Waals surface area contributed by atoms with Gasteiger partial charge >= 0.3 is 6.09 Å². The fraction of sp³-hybridized carbons (Fsp3) is 0.489. The molecule has 0 unspecified atom stereocenters. The number of non-ortho nitro benzene ring substituents is 1. The number of nitrogens with one attached hydrogen (secondary N) is 4. The smallest absolute Gasteiger partial charge is 0.407 e. The molecule has 4 rings (SSSR count). The lowest BCUT2D eigenvalue weighted by molar-refractivity contribution is -0.384. The zero-order chi connectivity index (χ0) is 44.9. The molecule has 0 saturated carbocycles. The maximum atomic E-state index is 14.1. The molecule has 3 aromatic carbocycles. The van der Waals surface area contributed by atoms with E-state index in [1.54, 1.807) is 12.1 Å². The molecular formula is C45H61N9O8. The van der Waals surface area contributed by atoms with E-state index in [-0.39, 0.29) is 54.7 Å². The first kappa shape index (κ1) is 48.3. The van der Waals surface area contributed by atoms with E-state index in [0.717, 1.165) is 24.1 Å². The Morgan fingerprint density at radius 3 is 2.18 bits per heavy atom. The first-order chi connectivity index (χ1) is 29.8. The van der Waals surface area contributed by atoms with Crippen LogP contribution in [0.2, 0.25) is 0 Å². The maximum absolute atomic E-state index is 14.1. The van der Waals surface area contributed by atoms with Gasteiger partial charge in [0.25, 0.3) is 5.69 Å². The van der Waals surface area contributed by atoms with Crippen molar-refractivity contribution in [2.75, 3.05) is 44.7 Å². The van der Waals surface area contributed by atoms with Crippen molar-refractivity contribution in [1.82, 2.24) is 26.2 Å². The predicted octanol–water partition coefficient (Wildman–Crippen LogP) is 6.51. The fourth-order valence-corrected chi connectivity index (χ4v) is 6.89. The lowest BCUT2D eigenvalue weighted by Crippen LogP contribution is -2.56. The second-order valence-electron chi connectivity index (χ2n) is 15.8. The minimum absolute atomic E-state index is 0.0218. The quantitative estimate of drug-likeness (QED) is 0.0334. The highest BCUT2D eigenvalue weighted by Crippen LogP contribution is 2.24. The monoisotopic (exact) mass is 855 g/mol. The number of carbonyl (C=O) groups is 5. The van der Waals surface area contributed by atoms with Crippen molar-refractivity contribution < 1.29 is 33.6 Å². The molecule has 0 radical (unpaired) electrons. The van der Waals surface area contributed by atoms with Crippen molar-refractivity contribution >= 4 is 52.5 Å². The van der Waals surface area contributed by atoms with Gasteiger partial charge in [-0.15, -0.1) is 0 Å². The van der Waals surface area contributed by atoms with Crippen LogP contribution in [0.15, 0.2) is 89.1 Å². The molecule has 0 aromatic heterocycles. The summed E-state index contributed by atoms with van der Waals surface area (Å²) in [5, 5.41) is 30.6. The molecule has 17 nitrogen and oxygen atoms in total. The highest BCUT2D eigenvalue weighted by Gasteiger charge is 2.39. The summed E-state index contributed by atoms with van der Waals surface area (Å²) in [6.45, 7) is 7.77. The molecule has 0 bridgehead atoms. The molecule has 5 amide bonds. The molecule has 3 atom stereocenters. The Kier molecular flexibility index (Phi) is 19.8. The van der Waals surface area contributed by atoms with Crippen LogP contribution in [0.25, 0.3) is 0 Å². The number of rotatable bonds is 24. The number of anilines is 1. The Morgan fingerprint density at radius 2 is 1.53 bits per heavy atom. The number of likely N-dealkylation sites (tertiary alicyclic amines) is 1. The standard InChI is InChI=1S/C45H61N9O8/c1-5-6-25-46-42(56)38(30-32(2)3)49-43(57)40-15-12-27-53(40)44(58)39(31-33-13-8-7-9-14-33)48-41(55)16-10-11-26-47-45(59)62-29-28-52(4)36-21-17-34(18-22-36)50-51-35-19-23-37(24-20-35)54(60)61/h7-9,13-14,17-24,32,38-40H,5-6,10-12,15-16,25-31H2,1-4H3,(H,46,56)(H,47,59)(H,48,55)(H,49,57)/t38-,39-,40-/m0/s1. The van der Waals surface area contributed by atoms with Crippen LogP contribution >= 0.6 is 0 Å². The van der Waals surface area contributed by atoms with Crippen LogP contribution in [0.5, 0.6) is 0 Å². The number of likely N-dealkylation sites (N-methyl/N-ethyl adjacent to an activating group) is 1. The summed E-state index contributed by atoms with van der Waals surface area (Å²) in [6.07, 6.45) is 4.09. The minimum Gasteiger partial charge on any atom is -0.448 e. The zero-order valence-electron chi connectivity index (χ0n) is 36.2. The molecule has 17 heteroatoms. The SMILES string of the molecule is CCCCNC(=O)[C@H](CC(C)C)NC(=O)[C@@H]1CCCN1C(=O)[C@H](Cc1ccccc1)NC(=O)CCCCNC(=O)OCCN(C)c1ccc(N=Nc2ccc([N+](=O)[O-])cc2)cc1. The highest BCUT2D eigenvalue weighted by atomic mass is 16.6. The highest BCUT2D eigenvalue weighted by molar-refractivity contribution is 5.94. The van der Waals surface area contributed by atoms with Gasteiger partial charge in [0.05, 0.1) is 22.8 Å². The summed E-state index contributed by atoms with van der Waals surface area (Å²) in [5.74, 6) is -1.10. The van der Waals surface area contributed by atoms with Gasteiger partial charge in [-0.1, -0.05) is 57.5 Å². The number of benzene rings is 3. The topological polar surface area (TPSA) is 217 Å². The third-order valence-corrected chi connectivity index (χ3v) is 10.3. The molecule has 0 aliphatic carbocycles. The maximum Gasteiger partial charge on any atom is 0.407 e. The van der Waals surface area contributed by atoms with Gasteiger partial charge in [-0.25, -0.2) is 4.79 Å². The molecular weight excluding hydrogens is 795 g/mol. The van der Waals surface area contributed by atoms with Gasteiger partial charge in [-0.05, 0) is 86.4 Å². The number of nitrogens with zero attached hydrogens (tertiary/aromatic N) is 5. The van der Waals surface area contributed by atoms with Gasteiger partial charge in [0, 0.05) is 57.3 Å². The van der Waals surface area contributed by atoms with E-state index in [1.165, 1.54) is 29.2 Å². The van der Waals surface area contributed by atoms with Crippen LogP contribution in [-0.2, 0) is 30.3 Å². The molecule has 3 aromatic rings. The lowest BCUT2D eigenvalue weighted by Gasteiger charge is -2.30. The van der Waals surface area contributed by atoms with Gasteiger partial charge in [-0.3, -0.25) is 29.3 Å². The predicted molar refractivity (Wildman–Crippen MR) is 236 cm³/mol. The number of hydrogen-bond acceptors (Lipinski definition) is 11. The summed E-state index contributed by atoms with van der Waals surface area (Å²) >= 11 is 0. The summed E-state index contributed by atoms with van der Waals surface area (Å²) in [5.41, 5.74) is 2.80. The Labute approximate surface area is 363 Å². The van der Waals surface area contributed by atoms with Crippen molar-refractivity contribution in [2.45, 2.75) is 96.7 Å². The molecule has 0 spiro atoms. The normalized spacial score (nSPS) is 14.5. The van der Waals surface area contributed by atoms with E-state index in [4.69, 9.17) is 4.74 Å². The lowest BCUT2D eigenvalue weighted by atomic mass is 10.0. The van der Waals surface area contributed by atoms with E-state index in [9.17, 15) is 34.1 Å². The number of alkyl carbamates (subject to hydrolysis) is 1. The number of azo groups is 1.